The topological polar surface area (TPSA) is 76.7 Å². The molecule has 3 rings (SSSR count). The molecule has 0 atom stereocenters. The Morgan fingerprint density at radius 2 is 1.46 bits per heavy atom. The molecule has 0 saturated heterocycles. The molecule has 0 spiro atoms. The van der Waals surface area contributed by atoms with Gasteiger partial charge < -0.3 is 20.1 Å². The van der Waals surface area contributed by atoms with Gasteiger partial charge in [-0.25, -0.2) is 0 Å². The van der Waals surface area contributed by atoms with Gasteiger partial charge in [0.25, 0.3) is 11.8 Å². The lowest BCUT2D eigenvalue weighted by Gasteiger charge is -2.11. The summed E-state index contributed by atoms with van der Waals surface area (Å²) >= 11 is 0. The van der Waals surface area contributed by atoms with Crippen LogP contribution in [0.4, 0.5) is 0 Å². The minimum absolute atomic E-state index is 0.169. The highest BCUT2D eigenvalue weighted by molar-refractivity contribution is 6.07. The number of hydrogen-bond acceptors (Lipinski definition) is 4. The van der Waals surface area contributed by atoms with E-state index in [1.165, 1.54) is 14.2 Å². The Morgan fingerprint density at radius 1 is 0.786 bits per heavy atom. The lowest BCUT2D eigenvalue weighted by atomic mass is 10.0. The van der Waals surface area contributed by atoms with Crippen molar-refractivity contribution >= 4 is 22.6 Å². The summed E-state index contributed by atoms with van der Waals surface area (Å²) in [5.74, 6) is 0.623. The van der Waals surface area contributed by atoms with Crippen molar-refractivity contribution in [2.24, 2.45) is 0 Å². The van der Waals surface area contributed by atoms with Gasteiger partial charge in [0.15, 0.2) is 11.5 Å². The average Bonchev–Trinajstić information content (AvgIpc) is 2.75. The van der Waals surface area contributed by atoms with Crippen LogP contribution in [0.3, 0.4) is 0 Å². The van der Waals surface area contributed by atoms with Crippen LogP contribution in [0.1, 0.15) is 20.7 Å². The van der Waals surface area contributed by atoms with E-state index in [4.69, 9.17) is 9.47 Å². The van der Waals surface area contributed by atoms with Crippen molar-refractivity contribution in [2.45, 2.75) is 0 Å². The molecule has 0 aliphatic rings. The van der Waals surface area contributed by atoms with E-state index in [2.05, 4.69) is 10.6 Å². The molecule has 0 aliphatic heterocycles. The van der Waals surface area contributed by atoms with Gasteiger partial charge >= 0.3 is 0 Å². The van der Waals surface area contributed by atoms with Crippen molar-refractivity contribution in [1.29, 1.82) is 0 Å². The lowest BCUT2D eigenvalue weighted by Crippen LogP contribution is -2.34. The minimum Gasteiger partial charge on any atom is -0.493 e. The number of ether oxygens (including phenoxy) is 2. The summed E-state index contributed by atoms with van der Waals surface area (Å²) in [5, 5.41) is 7.53. The van der Waals surface area contributed by atoms with E-state index in [-0.39, 0.29) is 11.8 Å². The summed E-state index contributed by atoms with van der Waals surface area (Å²) in [6, 6.07) is 18.3. The molecule has 3 aromatic carbocycles. The van der Waals surface area contributed by atoms with E-state index in [1.54, 1.807) is 24.3 Å². The molecular weight excluding hydrogens is 356 g/mol. The van der Waals surface area contributed by atoms with Crippen LogP contribution >= 0.6 is 0 Å². The van der Waals surface area contributed by atoms with Crippen LogP contribution in [0.25, 0.3) is 10.8 Å². The maximum absolute atomic E-state index is 12.5. The molecule has 6 nitrogen and oxygen atoms in total. The molecule has 3 aromatic rings. The molecule has 0 unspecified atom stereocenters. The summed E-state index contributed by atoms with van der Waals surface area (Å²) in [4.78, 5) is 24.8. The second-order valence-electron chi connectivity index (χ2n) is 6.11. The number of methoxy groups -OCH3 is 2. The normalized spacial score (nSPS) is 10.4. The second kappa shape index (κ2) is 8.90. The highest BCUT2D eigenvalue weighted by atomic mass is 16.5. The zero-order valence-corrected chi connectivity index (χ0v) is 15.8. The van der Waals surface area contributed by atoms with Gasteiger partial charge in [0, 0.05) is 24.2 Å². The Kier molecular flexibility index (Phi) is 6.11. The van der Waals surface area contributed by atoms with Crippen LogP contribution in [0.5, 0.6) is 11.5 Å². The van der Waals surface area contributed by atoms with E-state index in [0.717, 1.165) is 10.8 Å². The highest BCUT2D eigenvalue weighted by Gasteiger charge is 2.11. The Bertz CT molecular complexity index is 995. The van der Waals surface area contributed by atoms with Crippen LogP contribution in [0.2, 0.25) is 0 Å². The van der Waals surface area contributed by atoms with Crippen molar-refractivity contribution in [3.8, 4) is 11.5 Å². The number of benzene rings is 3. The fraction of sp³-hybridized carbons (Fsp3) is 0.182. The largest absolute Gasteiger partial charge is 0.493 e. The molecule has 0 saturated carbocycles. The van der Waals surface area contributed by atoms with Gasteiger partial charge in [0.05, 0.1) is 14.2 Å². The number of carbonyl (C=O) groups excluding carboxylic acids is 2. The summed E-state index contributed by atoms with van der Waals surface area (Å²) in [7, 11) is 3.05. The first kappa shape index (κ1) is 19.2. The molecule has 28 heavy (non-hydrogen) atoms. The minimum atomic E-state index is -0.250. The van der Waals surface area contributed by atoms with Gasteiger partial charge in [0.1, 0.15) is 0 Å². The molecular formula is C22H22N2O4. The molecule has 144 valence electrons. The predicted octanol–water partition coefficient (Wildman–Crippen LogP) is 3.02. The fourth-order valence-electron chi connectivity index (χ4n) is 2.95. The molecule has 2 N–H and O–H groups in total. The van der Waals surface area contributed by atoms with Gasteiger partial charge in [0.2, 0.25) is 0 Å². The van der Waals surface area contributed by atoms with Gasteiger partial charge in [-0.05, 0) is 35.0 Å². The van der Waals surface area contributed by atoms with Crippen molar-refractivity contribution in [1.82, 2.24) is 10.6 Å². The first-order valence-corrected chi connectivity index (χ1v) is 8.90. The summed E-state index contributed by atoms with van der Waals surface area (Å²) in [6.07, 6.45) is 0. The summed E-state index contributed by atoms with van der Waals surface area (Å²) in [6.45, 7) is 0.630. The molecule has 0 radical (unpaired) electrons. The zero-order chi connectivity index (χ0) is 19.9. The van der Waals surface area contributed by atoms with Gasteiger partial charge in [-0.1, -0.05) is 36.4 Å². The van der Waals surface area contributed by atoms with Crippen LogP contribution in [-0.2, 0) is 0 Å². The average molecular weight is 378 g/mol. The Balaban J connectivity index is 1.55. The van der Waals surface area contributed by atoms with Crippen LogP contribution in [0, 0.1) is 0 Å². The summed E-state index contributed by atoms with van der Waals surface area (Å²) in [5.41, 5.74) is 1.07. The van der Waals surface area contributed by atoms with Crippen molar-refractivity contribution < 1.29 is 19.1 Å². The monoisotopic (exact) mass is 378 g/mol. The first-order valence-electron chi connectivity index (χ1n) is 8.90. The number of nitrogens with one attached hydrogen (secondary N) is 2. The van der Waals surface area contributed by atoms with Crippen LogP contribution in [-0.4, -0.2) is 39.1 Å². The van der Waals surface area contributed by atoms with E-state index in [9.17, 15) is 9.59 Å². The zero-order valence-electron chi connectivity index (χ0n) is 15.8. The number of amides is 2. The number of fused-ring (bicyclic) bond motifs is 1. The van der Waals surface area contributed by atoms with Crippen molar-refractivity contribution in [2.75, 3.05) is 27.3 Å². The summed E-state index contributed by atoms with van der Waals surface area (Å²) < 4.78 is 10.4. The van der Waals surface area contributed by atoms with E-state index < -0.39 is 0 Å². The Morgan fingerprint density at radius 3 is 2.21 bits per heavy atom. The molecule has 0 aliphatic carbocycles. The third-order valence-electron chi connectivity index (χ3n) is 4.38. The number of carbonyl (C=O) groups is 2. The first-order chi connectivity index (χ1) is 13.6. The fourth-order valence-corrected chi connectivity index (χ4v) is 2.95. The van der Waals surface area contributed by atoms with Crippen LogP contribution < -0.4 is 20.1 Å². The molecule has 0 aromatic heterocycles. The van der Waals surface area contributed by atoms with E-state index >= 15 is 0 Å². The quantitative estimate of drug-likeness (QED) is 0.620. The second-order valence-corrected chi connectivity index (χ2v) is 6.11. The predicted molar refractivity (Wildman–Crippen MR) is 108 cm³/mol. The third kappa shape index (κ3) is 4.23. The van der Waals surface area contributed by atoms with Gasteiger partial charge in [-0.3, -0.25) is 9.59 Å². The van der Waals surface area contributed by atoms with Gasteiger partial charge in [-0.2, -0.15) is 0 Å². The molecule has 6 heteroatoms. The highest BCUT2D eigenvalue weighted by Crippen LogP contribution is 2.27. The smallest absolute Gasteiger partial charge is 0.251 e. The molecule has 0 bridgehead atoms. The maximum atomic E-state index is 12.5. The standard InChI is InChI=1S/C22H22N2O4/c1-27-19-11-10-16(14-20(19)28-2)21(25)23-12-13-24-22(26)18-9-5-7-15-6-3-4-8-17(15)18/h3-11,14H,12-13H2,1-2H3,(H,23,25)(H,24,26). The number of hydrogen-bond donors (Lipinski definition) is 2. The lowest BCUT2D eigenvalue weighted by molar-refractivity contribution is 0.0928. The van der Waals surface area contributed by atoms with Gasteiger partial charge in [-0.15, -0.1) is 0 Å². The Labute approximate surface area is 163 Å². The van der Waals surface area contributed by atoms with Crippen molar-refractivity contribution in [3.05, 3.63) is 71.8 Å². The van der Waals surface area contributed by atoms with Crippen LogP contribution in [0.15, 0.2) is 60.7 Å². The molecule has 0 heterocycles. The molecule has 0 fully saturated rings. The van der Waals surface area contributed by atoms with Crippen molar-refractivity contribution in [3.63, 3.8) is 0 Å². The molecule has 2 amide bonds. The van der Waals surface area contributed by atoms with E-state index in [0.29, 0.717) is 35.7 Å². The van der Waals surface area contributed by atoms with E-state index in [1.807, 2.05) is 36.4 Å². The third-order valence-corrected chi connectivity index (χ3v) is 4.38. The number of rotatable bonds is 7. The Hall–Kier alpha value is -3.54. The maximum Gasteiger partial charge on any atom is 0.251 e. The SMILES string of the molecule is COc1ccc(C(=O)NCCNC(=O)c2cccc3ccccc23)cc1OC.